The summed E-state index contributed by atoms with van der Waals surface area (Å²) in [5, 5.41) is 14.1. The molecule has 0 bridgehead atoms. The highest BCUT2D eigenvalue weighted by Gasteiger charge is 2.24. The molecule has 8 nitrogen and oxygen atoms in total. The number of thiazole rings is 1. The van der Waals surface area contributed by atoms with Crippen LogP contribution in [-0.2, 0) is 20.1 Å². The third-order valence-corrected chi connectivity index (χ3v) is 4.97. The van der Waals surface area contributed by atoms with Crippen LogP contribution < -0.4 is 10.2 Å². The molecule has 0 aromatic carbocycles. The number of nitrogens with zero attached hydrogens (tertiary/aromatic N) is 2. The van der Waals surface area contributed by atoms with E-state index in [-0.39, 0.29) is 11.7 Å². The molecule has 1 aromatic rings. The lowest BCUT2D eigenvalue weighted by atomic mass is 10.2. The number of amides is 2. The number of ether oxygens (including phenoxy) is 1. The maximum Gasteiger partial charge on any atom is 0.408 e. The molecule has 0 aliphatic heterocycles. The molecule has 1 aromatic heterocycles. The second-order valence-electron chi connectivity index (χ2n) is 6.44. The first kappa shape index (κ1) is 22.2. The van der Waals surface area contributed by atoms with Gasteiger partial charge in [-0.1, -0.05) is 0 Å². The number of anilines is 1. The number of aliphatic carboxylic acids is 1. The minimum atomic E-state index is -1.13. The van der Waals surface area contributed by atoms with Crippen LogP contribution >= 0.6 is 23.1 Å². The first-order valence-electron chi connectivity index (χ1n) is 8.06. The molecule has 0 saturated carbocycles. The fraction of sp³-hybridized carbons (Fsp3) is 0.625. The monoisotopic (exact) mass is 403 g/mol. The zero-order valence-electron chi connectivity index (χ0n) is 15.6. The molecular formula is C16H25N3O5S2. The molecule has 146 valence electrons. The number of carboxylic acids is 1. The Bertz CT molecular complexity index is 642. The van der Waals surface area contributed by atoms with E-state index in [1.54, 1.807) is 25.7 Å². The molecule has 10 heteroatoms. The first-order chi connectivity index (χ1) is 12.0. The number of hydrogen-bond donors (Lipinski definition) is 2. The van der Waals surface area contributed by atoms with Gasteiger partial charge in [0, 0.05) is 30.4 Å². The van der Waals surface area contributed by atoms with Crippen LogP contribution in [0.2, 0.25) is 0 Å². The van der Waals surface area contributed by atoms with Gasteiger partial charge in [-0.05, 0) is 27.7 Å². The van der Waals surface area contributed by atoms with Crippen molar-refractivity contribution < 1.29 is 24.2 Å². The molecule has 0 fully saturated rings. The molecule has 0 saturated heterocycles. The molecule has 1 rings (SSSR count). The third kappa shape index (κ3) is 7.61. The summed E-state index contributed by atoms with van der Waals surface area (Å²) in [6, 6.07) is -1.06. The standard InChI is InChI=1S/C16H25N3O5S2/c1-6-19(10(2)20)14-17-11(8-26-14)7-25-9-12(13(21)22)18-15(23)24-16(3,4)5/h8,12H,6-7,9H2,1-5H3,(H,18,23)(H,21,22). The topological polar surface area (TPSA) is 109 Å². The number of carbonyl (C=O) groups is 3. The largest absolute Gasteiger partial charge is 0.480 e. The molecule has 0 aliphatic carbocycles. The lowest BCUT2D eigenvalue weighted by molar-refractivity contribution is -0.138. The molecule has 0 radical (unpaired) electrons. The third-order valence-electron chi connectivity index (χ3n) is 2.99. The summed E-state index contributed by atoms with van der Waals surface area (Å²) in [6.07, 6.45) is -0.763. The molecular weight excluding hydrogens is 378 g/mol. The SMILES string of the molecule is CCN(C(C)=O)c1nc(CSCC(NC(=O)OC(C)(C)C)C(=O)O)cs1. The van der Waals surface area contributed by atoms with Crippen molar-refractivity contribution in [3.63, 3.8) is 0 Å². The van der Waals surface area contributed by atoms with Gasteiger partial charge in [0.2, 0.25) is 5.91 Å². The number of aromatic nitrogens is 1. The summed E-state index contributed by atoms with van der Waals surface area (Å²) in [6.45, 7) is 9.01. The van der Waals surface area contributed by atoms with Crippen molar-refractivity contribution in [2.75, 3.05) is 17.2 Å². The Morgan fingerprint density at radius 3 is 2.58 bits per heavy atom. The highest BCUT2D eigenvalue weighted by molar-refractivity contribution is 7.98. The molecule has 1 heterocycles. The summed E-state index contributed by atoms with van der Waals surface area (Å²) < 4.78 is 5.08. The van der Waals surface area contributed by atoms with Gasteiger partial charge in [-0.3, -0.25) is 9.69 Å². The van der Waals surface area contributed by atoms with Crippen LogP contribution in [-0.4, -0.2) is 52.0 Å². The number of rotatable bonds is 8. The van der Waals surface area contributed by atoms with Crippen molar-refractivity contribution in [1.29, 1.82) is 0 Å². The minimum absolute atomic E-state index is 0.0754. The van der Waals surface area contributed by atoms with Crippen LogP contribution in [0.4, 0.5) is 9.93 Å². The number of carbonyl (C=O) groups excluding carboxylic acids is 2. The second kappa shape index (κ2) is 9.77. The highest BCUT2D eigenvalue weighted by atomic mass is 32.2. The van der Waals surface area contributed by atoms with Gasteiger partial charge >= 0.3 is 12.1 Å². The van der Waals surface area contributed by atoms with E-state index < -0.39 is 23.7 Å². The Morgan fingerprint density at radius 1 is 1.42 bits per heavy atom. The summed E-state index contributed by atoms with van der Waals surface area (Å²) in [5.74, 6) is -0.554. The van der Waals surface area contributed by atoms with E-state index in [1.165, 1.54) is 30.0 Å². The molecule has 1 unspecified atom stereocenters. The van der Waals surface area contributed by atoms with Gasteiger partial charge in [-0.25, -0.2) is 14.6 Å². The van der Waals surface area contributed by atoms with Crippen molar-refractivity contribution in [3.8, 4) is 0 Å². The van der Waals surface area contributed by atoms with Crippen molar-refractivity contribution in [2.45, 2.75) is 52.0 Å². The lowest BCUT2D eigenvalue weighted by Crippen LogP contribution is -2.44. The van der Waals surface area contributed by atoms with E-state index in [1.807, 2.05) is 12.3 Å². The van der Waals surface area contributed by atoms with Gasteiger partial charge in [-0.2, -0.15) is 11.8 Å². The average Bonchev–Trinajstić information content (AvgIpc) is 2.93. The van der Waals surface area contributed by atoms with Gasteiger partial charge in [0.1, 0.15) is 11.6 Å². The average molecular weight is 404 g/mol. The molecule has 2 amide bonds. The van der Waals surface area contributed by atoms with Crippen LogP contribution in [0.25, 0.3) is 0 Å². The summed E-state index contributed by atoms with van der Waals surface area (Å²) >= 11 is 2.70. The highest BCUT2D eigenvalue weighted by Crippen LogP contribution is 2.23. The number of nitrogens with one attached hydrogen (secondary N) is 1. The van der Waals surface area contributed by atoms with Crippen LogP contribution in [0, 0.1) is 0 Å². The van der Waals surface area contributed by atoms with E-state index in [0.717, 1.165) is 5.69 Å². The van der Waals surface area contributed by atoms with Crippen LogP contribution in [0.1, 0.15) is 40.3 Å². The predicted octanol–water partition coefficient (Wildman–Crippen LogP) is 2.73. The molecule has 26 heavy (non-hydrogen) atoms. The Kier molecular flexibility index (Phi) is 8.35. The van der Waals surface area contributed by atoms with E-state index in [0.29, 0.717) is 17.4 Å². The van der Waals surface area contributed by atoms with Crippen molar-refractivity contribution in [3.05, 3.63) is 11.1 Å². The van der Waals surface area contributed by atoms with Crippen molar-refractivity contribution in [2.24, 2.45) is 0 Å². The van der Waals surface area contributed by atoms with Crippen LogP contribution in [0.15, 0.2) is 5.38 Å². The van der Waals surface area contributed by atoms with E-state index in [9.17, 15) is 19.5 Å². The molecule has 2 N–H and O–H groups in total. The van der Waals surface area contributed by atoms with Crippen molar-refractivity contribution in [1.82, 2.24) is 10.3 Å². The number of alkyl carbamates (subject to hydrolysis) is 1. The fourth-order valence-electron chi connectivity index (χ4n) is 1.89. The normalized spacial score (nSPS) is 12.3. The Balaban J connectivity index is 2.56. The Labute approximate surface area is 161 Å². The molecule has 0 aliphatic rings. The quantitative estimate of drug-likeness (QED) is 0.687. The summed E-state index contributed by atoms with van der Waals surface area (Å²) in [4.78, 5) is 40.5. The fourth-order valence-corrected chi connectivity index (χ4v) is 3.86. The van der Waals surface area contributed by atoms with E-state index >= 15 is 0 Å². The van der Waals surface area contributed by atoms with Gasteiger partial charge in [-0.15, -0.1) is 11.3 Å². The Morgan fingerprint density at radius 2 is 2.08 bits per heavy atom. The lowest BCUT2D eigenvalue weighted by Gasteiger charge is -2.21. The van der Waals surface area contributed by atoms with Crippen LogP contribution in [0.5, 0.6) is 0 Å². The minimum Gasteiger partial charge on any atom is -0.480 e. The number of thioether (sulfide) groups is 1. The number of hydrogen-bond acceptors (Lipinski definition) is 7. The Hall–Kier alpha value is -1.81. The zero-order valence-corrected chi connectivity index (χ0v) is 17.2. The maximum absolute atomic E-state index is 11.7. The second-order valence-corrected chi connectivity index (χ2v) is 8.30. The van der Waals surface area contributed by atoms with Crippen molar-refractivity contribution >= 4 is 46.2 Å². The van der Waals surface area contributed by atoms with Gasteiger partial charge in [0.15, 0.2) is 5.13 Å². The summed E-state index contributed by atoms with van der Waals surface area (Å²) in [5.41, 5.74) is 0.0650. The van der Waals surface area contributed by atoms with E-state index in [2.05, 4.69) is 10.3 Å². The number of carboxylic acid groups (broad SMARTS) is 1. The van der Waals surface area contributed by atoms with Gasteiger partial charge < -0.3 is 15.2 Å². The maximum atomic E-state index is 11.7. The molecule has 0 spiro atoms. The van der Waals surface area contributed by atoms with E-state index in [4.69, 9.17) is 4.74 Å². The smallest absolute Gasteiger partial charge is 0.408 e. The van der Waals surface area contributed by atoms with Gasteiger partial charge in [0.25, 0.3) is 0 Å². The van der Waals surface area contributed by atoms with Crippen LogP contribution in [0.3, 0.4) is 0 Å². The zero-order chi connectivity index (χ0) is 19.9. The predicted molar refractivity (Wildman–Crippen MR) is 103 cm³/mol. The molecule has 1 atom stereocenters. The summed E-state index contributed by atoms with van der Waals surface area (Å²) in [7, 11) is 0. The first-order valence-corrected chi connectivity index (χ1v) is 10.1. The van der Waals surface area contributed by atoms with Gasteiger partial charge in [0.05, 0.1) is 5.69 Å².